The van der Waals surface area contributed by atoms with Gasteiger partial charge in [0, 0.05) is 23.6 Å². The van der Waals surface area contributed by atoms with Crippen molar-refractivity contribution in [2.24, 2.45) is 4.30 Å². The molecule has 563 valence electrons. The van der Waals surface area contributed by atoms with E-state index in [0.717, 1.165) is 6.42 Å². The number of ether oxygens (including phenoxy) is 4. The molecule has 0 aromatic carbocycles. The molecule has 6 heterocycles. The van der Waals surface area contributed by atoms with Crippen LogP contribution in [0.4, 0.5) is 0 Å². The molecule has 0 aliphatic carbocycles. The van der Waals surface area contributed by atoms with Crippen molar-refractivity contribution in [3.63, 3.8) is 0 Å². The van der Waals surface area contributed by atoms with Crippen LogP contribution in [0.1, 0.15) is 177 Å². The van der Waals surface area contributed by atoms with Gasteiger partial charge in [-0.05, 0) is 133 Å². The molecule has 97 heavy (non-hydrogen) atoms. The fraction of sp³-hybridized carbons (Fsp3) is 0.701. The normalized spacial score (nSPS) is 20.8. The van der Waals surface area contributed by atoms with Gasteiger partial charge in [-0.3, -0.25) is 4.79 Å². The SMILES string of the molecule is C.C.C.C.CC(C)(C)[Si](C)(C)Cl.CC(C)(C)[Si](C)(C)OC[C@H](O)c1ccco1.CC(C)(C)[Si](C)(C)O[C@@H]1C=CC(=O)O[C@@H]1CBr.CC[C@H]1OC(=O)C=C[C@H]1O.CC[C@H]1OC(=O)C=C[C@H]1O[Si](C)(C)C(C)(C)C.CC[C@H]1OC(O)C=CC1=O.O.OC[C@H](O)c1ccco1.[B]=NS.[Br-].[Li+]. The predicted molar refractivity (Wildman–Crippen MR) is 405 cm³/mol. The van der Waals surface area contributed by atoms with Crippen molar-refractivity contribution in [3.05, 3.63) is 96.9 Å². The summed E-state index contributed by atoms with van der Waals surface area (Å²) in [6, 6.07) is 6.81. The average molecular weight is 1610 g/mol. The molecule has 0 fully saturated rings. The Labute approximate surface area is 632 Å². The molecule has 0 saturated carbocycles. The Morgan fingerprint density at radius 2 is 0.959 bits per heavy atom. The maximum atomic E-state index is 11.2. The number of carbonyl (C=O) groups excluding carboxylic acids is 4. The van der Waals surface area contributed by atoms with Crippen molar-refractivity contribution >= 4 is 103 Å². The number of ketones is 1. The predicted octanol–water partition coefficient (Wildman–Crippen LogP) is 9.78. The van der Waals surface area contributed by atoms with Gasteiger partial charge in [0.1, 0.15) is 66.5 Å². The minimum absolute atomic E-state index is 0. The Kier molecular flexibility index (Phi) is 62.1. The molecule has 30 heteroatoms. The minimum Gasteiger partial charge on any atom is -1.00 e. The number of carbonyl (C=O) groups is 4. The molecule has 1 unspecified atom stereocenters. The molecule has 20 nitrogen and oxygen atoms in total. The van der Waals surface area contributed by atoms with E-state index in [1.807, 2.05) is 32.9 Å². The van der Waals surface area contributed by atoms with Crippen molar-refractivity contribution in [1.29, 1.82) is 0 Å². The summed E-state index contributed by atoms with van der Waals surface area (Å²) in [5.41, 5.74) is 0. The van der Waals surface area contributed by atoms with Crippen LogP contribution < -0.4 is 35.8 Å². The van der Waals surface area contributed by atoms with Gasteiger partial charge in [-0.1, -0.05) is 163 Å². The van der Waals surface area contributed by atoms with Crippen LogP contribution in [-0.2, 0) is 51.4 Å². The Morgan fingerprint density at radius 3 is 1.26 bits per heavy atom. The second-order valence-electron chi connectivity index (χ2n) is 27.5. The number of aliphatic hydroxyl groups is 5. The van der Waals surface area contributed by atoms with E-state index >= 15 is 0 Å². The number of rotatable bonds is 14. The monoisotopic (exact) mass is 1610 g/mol. The van der Waals surface area contributed by atoms with Gasteiger partial charge in [0.2, 0.25) is 0 Å². The Morgan fingerprint density at radius 1 is 0.608 bits per heavy atom. The Balaban J connectivity index is -0.000000133. The zero-order chi connectivity index (χ0) is 70.5. The fourth-order valence-corrected chi connectivity index (χ4v) is 10.2. The Hall–Kier alpha value is -1.87. The molecular weight excluding hydrogens is 1480 g/mol. The molecule has 10 atom stereocenters. The largest absolute Gasteiger partial charge is 1.00 e. The number of furan rings is 2. The topological polar surface area (TPSA) is 304 Å². The summed E-state index contributed by atoms with van der Waals surface area (Å²) in [6.07, 6.45) is 12.6. The third-order valence-electron chi connectivity index (χ3n) is 16.1. The maximum absolute atomic E-state index is 11.2. The molecule has 2 aromatic heterocycles. The van der Waals surface area contributed by atoms with Crippen LogP contribution in [0, 0.1) is 0 Å². The number of aliphatic hydroxyl groups excluding tert-OH is 5. The van der Waals surface area contributed by atoms with Crippen LogP contribution in [0.25, 0.3) is 0 Å². The molecule has 1 radical (unpaired) electrons. The molecule has 4 aliphatic heterocycles. The minimum atomic E-state index is -1.84. The molecule has 7 N–H and O–H groups in total. The van der Waals surface area contributed by atoms with E-state index in [9.17, 15) is 24.3 Å². The summed E-state index contributed by atoms with van der Waals surface area (Å²) in [5, 5.41) is 46.5. The van der Waals surface area contributed by atoms with Gasteiger partial charge in [-0.2, -0.15) is 11.1 Å². The van der Waals surface area contributed by atoms with Gasteiger partial charge < -0.3 is 89.1 Å². The molecule has 0 spiro atoms. The number of hydrogen-bond acceptors (Lipinski definition) is 20. The third-order valence-corrected chi connectivity index (χ3v) is 35.5. The molecule has 6 rings (SSSR count). The van der Waals surface area contributed by atoms with Crippen molar-refractivity contribution < 1.29 is 127 Å². The zero-order valence-corrected chi connectivity index (χ0v) is 68.6. The van der Waals surface area contributed by atoms with E-state index in [-0.39, 0.29) is 147 Å². The quantitative estimate of drug-likeness (QED) is 0.0256. The van der Waals surface area contributed by atoms with E-state index in [4.69, 9.17) is 72.6 Å². The van der Waals surface area contributed by atoms with Gasteiger partial charge in [-0.25, -0.2) is 14.4 Å². The first-order valence-corrected chi connectivity index (χ1v) is 44.5. The van der Waals surface area contributed by atoms with E-state index in [2.05, 4.69) is 176 Å². The van der Waals surface area contributed by atoms with Crippen LogP contribution in [0.3, 0.4) is 0 Å². The summed E-state index contributed by atoms with van der Waals surface area (Å²) < 4.78 is 51.2. The van der Waals surface area contributed by atoms with Gasteiger partial charge in [0.15, 0.2) is 44.4 Å². The summed E-state index contributed by atoms with van der Waals surface area (Å²) in [5.74, 6) is -0.00220. The average Bonchev–Trinajstić information content (AvgIpc) is 1.22. The first-order valence-electron chi connectivity index (χ1n) is 30.3. The standard InChI is InChI=1S/C13H24O3Si.C12H21BrO3Si.C12H22O3Si.2C7H10O3.C6H15ClSi.C6H8O3.4CH4.BHNS.BrH.Li.H2O/c1-7-10-11(8-9-12(14)15-10)16-17(5,6)13(2,3)4;1-12(2,3)17(4,5)16-9-6-7-11(14)15-10(9)8-13;1-12(2,3)16(4,5)15-9-10(13)11-7-6-8-14-11;2*1-2-6-5(8)3-4-7(9)10-6;1-6(2,3)8(4,5)7;7-4-5(8)6-2-1-3-9-6;;;;;1-2-3;;;/h8-11H,7H2,1-6H3;6-7,9-10H,8H2,1-5H3;6-8,10,13H,9H2,1-5H3;3-4,6-7,9H,2H2,1H3;3-6,8H,2H2,1H3;1-5H3;1-3,5,7-8H,4H2;4*1H4;3H;1H;;1H2/q;;;;;;;;;;;;;+1;/p-1/t10-,11-;9-,10-;10-;6-,7?;5-,6-;;5-;;;;;;;;/m11011.0......../s1. The summed E-state index contributed by atoms with van der Waals surface area (Å²) in [7, 11) is -2.48. The molecule has 4 aliphatic rings. The smallest absolute Gasteiger partial charge is 1.00 e. The number of cyclic esters (lactones) is 3. The number of nitrogens with zero attached hydrogens (tertiary/aromatic N) is 1. The van der Waals surface area contributed by atoms with E-state index < -0.39 is 63.0 Å². The van der Waals surface area contributed by atoms with Gasteiger partial charge in [0.05, 0.1) is 25.7 Å². The first kappa shape index (κ1) is 114. The van der Waals surface area contributed by atoms with E-state index in [1.54, 1.807) is 30.5 Å². The zero-order valence-electron chi connectivity index (χ0n) is 59.7. The fourth-order valence-electron chi connectivity index (χ4n) is 6.19. The van der Waals surface area contributed by atoms with E-state index in [1.165, 1.54) is 42.7 Å². The Bertz CT molecular complexity index is 2450. The number of halogens is 3. The van der Waals surface area contributed by atoms with Crippen LogP contribution >= 0.6 is 39.8 Å². The summed E-state index contributed by atoms with van der Waals surface area (Å²) >= 11 is 12.7. The summed E-state index contributed by atoms with van der Waals surface area (Å²) in [4.78, 5) is 43.8. The number of esters is 3. The third kappa shape index (κ3) is 44.4. The van der Waals surface area contributed by atoms with Crippen LogP contribution in [0.2, 0.25) is 72.5 Å². The van der Waals surface area contributed by atoms with Crippen molar-refractivity contribution in [2.75, 3.05) is 18.5 Å². The van der Waals surface area contributed by atoms with Crippen molar-refractivity contribution in [3.8, 4) is 0 Å². The number of alkyl halides is 1. The van der Waals surface area contributed by atoms with Crippen molar-refractivity contribution in [1.82, 2.24) is 0 Å². The second kappa shape index (κ2) is 53.0. The number of thiol groups is 1. The van der Waals surface area contributed by atoms with Gasteiger partial charge >= 0.3 is 61.5 Å². The van der Waals surface area contributed by atoms with Gasteiger partial charge in [0.25, 0.3) is 0 Å². The van der Waals surface area contributed by atoms with Crippen LogP contribution in [0.5, 0.6) is 0 Å². The molecule has 0 saturated heterocycles. The summed E-state index contributed by atoms with van der Waals surface area (Å²) in [6.45, 7) is 49.6. The van der Waals surface area contributed by atoms with E-state index in [0.29, 0.717) is 41.3 Å². The number of hydrogen-bond donors (Lipinski definition) is 6. The van der Waals surface area contributed by atoms with Crippen molar-refractivity contribution in [2.45, 2.75) is 287 Å². The maximum Gasteiger partial charge on any atom is 1.00 e. The molecular formula is C67H129BBr2ClLiNO19SSi4. The molecule has 0 amide bonds. The second-order valence-corrected chi connectivity index (χ2v) is 50.0. The van der Waals surface area contributed by atoms with Crippen LogP contribution in [-0.4, -0.2) is 162 Å². The molecule has 2 aromatic rings. The molecule has 0 bridgehead atoms. The first-order chi connectivity index (χ1) is 41.1. The van der Waals surface area contributed by atoms with Gasteiger partial charge in [-0.15, -0.1) is 0 Å². The van der Waals surface area contributed by atoms with Crippen LogP contribution in [0.15, 0.2) is 98.5 Å².